The minimum Gasteiger partial charge on any atom is -0.326 e. The van der Waals surface area contributed by atoms with Crippen molar-refractivity contribution in [3.05, 3.63) is 69.0 Å². The lowest BCUT2D eigenvalue weighted by molar-refractivity contribution is -0.384. The topological polar surface area (TPSA) is 114 Å². The number of H-pyrrole nitrogens is 1. The van der Waals surface area contributed by atoms with Crippen LogP contribution in [0, 0.1) is 17.0 Å². The molecule has 0 fully saturated rings. The highest BCUT2D eigenvalue weighted by Crippen LogP contribution is 2.24. The number of aromatic nitrogens is 3. The Morgan fingerprint density at radius 3 is 2.77 bits per heavy atom. The van der Waals surface area contributed by atoms with Gasteiger partial charge in [0.05, 0.1) is 16.4 Å². The minimum atomic E-state index is -0.536. The number of carbonyl (C=O) groups excluding carboxylic acids is 1. The second-order valence-corrected chi connectivity index (χ2v) is 5.99. The van der Waals surface area contributed by atoms with Crippen LogP contribution in [0.1, 0.15) is 11.4 Å². The molecule has 3 rings (SSSR count). The van der Waals surface area contributed by atoms with Crippen molar-refractivity contribution in [3.63, 3.8) is 0 Å². The van der Waals surface area contributed by atoms with Gasteiger partial charge in [-0.1, -0.05) is 29.8 Å². The molecule has 0 atom stereocenters. The summed E-state index contributed by atoms with van der Waals surface area (Å²) >= 11 is 6.02. The van der Waals surface area contributed by atoms with Crippen molar-refractivity contribution in [1.29, 1.82) is 0 Å². The highest BCUT2D eigenvalue weighted by Gasteiger charge is 2.13. The Morgan fingerprint density at radius 1 is 1.31 bits per heavy atom. The van der Waals surface area contributed by atoms with Crippen LogP contribution in [0.25, 0.3) is 11.4 Å². The average Bonchev–Trinajstić information content (AvgIpc) is 3.03. The Morgan fingerprint density at radius 2 is 2.12 bits per heavy atom. The van der Waals surface area contributed by atoms with Crippen molar-refractivity contribution in [2.45, 2.75) is 13.3 Å². The zero-order valence-corrected chi connectivity index (χ0v) is 14.4. The van der Waals surface area contributed by atoms with Crippen LogP contribution in [-0.4, -0.2) is 26.0 Å². The maximum Gasteiger partial charge on any atom is 0.270 e. The van der Waals surface area contributed by atoms with Crippen LogP contribution < -0.4 is 5.32 Å². The van der Waals surface area contributed by atoms with E-state index in [1.165, 1.54) is 18.2 Å². The summed E-state index contributed by atoms with van der Waals surface area (Å²) in [6, 6.07) is 11.2. The number of hydrogen-bond acceptors (Lipinski definition) is 5. The molecule has 1 heterocycles. The van der Waals surface area contributed by atoms with Crippen molar-refractivity contribution in [2.24, 2.45) is 0 Å². The molecule has 2 N–H and O–H groups in total. The fraction of sp³-hybridized carbons (Fsp3) is 0.118. The van der Waals surface area contributed by atoms with Gasteiger partial charge in [0.2, 0.25) is 5.91 Å². The first-order valence-corrected chi connectivity index (χ1v) is 8.02. The van der Waals surface area contributed by atoms with Crippen molar-refractivity contribution in [1.82, 2.24) is 15.2 Å². The number of hydrogen-bond donors (Lipinski definition) is 2. The average molecular weight is 372 g/mol. The van der Waals surface area contributed by atoms with Gasteiger partial charge in [-0.25, -0.2) is 4.98 Å². The second kappa shape index (κ2) is 7.32. The summed E-state index contributed by atoms with van der Waals surface area (Å²) in [6.07, 6.45) is 0.000812. The molecule has 0 aliphatic carbocycles. The lowest BCUT2D eigenvalue weighted by Gasteiger charge is -2.07. The van der Waals surface area contributed by atoms with E-state index in [0.29, 0.717) is 22.9 Å². The quantitative estimate of drug-likeness (QED) is 0.526. The molecule has 0 radical (unpaired) electrons. The number of nitrogens with one attached hydrogen (secondary N) is 2. The Hall–Kier alpha value is -3.26. The predicted molar refractivity (Wildman–Crippen MR) is 97.0 cm³/mol. The van der Waals surface area contributed by atoms with Crippen LogP contribution in [0.15, 0.2) is 42.5 Å². The van der Waals surface area contributed by atoms with Gasteiger partial charge >= 0.3 is 0 Å². The number of nitro benzene ring substituents is 1. The standard InChI is InChI=1S/C17H14ClN5O3/c1-10-19-17(22-21-10)12-3-2-4-13(7-12)20-16(24)8-11-5-6-14(23(25)26)9-15(11)18/h2-7,9H,8H2,1H3,(H,20,24)(H,19,21,22). The number of nitro groups is 1. The van der Waals surface area contributed by atoms with Crippen molar-refractivity contribution in [3.8, 4) is 11.4 Å². The van der Waals surface area contributed by atoms with Crippen molar-refractivity contribution < 1.29 is 9.72 Å². The first kappa shape index (κ1) is 17.6. The molecule has 8 nitrogen and oxygen atoms in total. The SMILES string of the molecule is Cc1nc(-c2cccc(NC(=O)Cc3ccc([N+](=O)[O-])cc3Cl)c2)n[nH]1. The smallest absolute Gasteiger partial charge is 0.270 e. The molecular formula is C17H14ClN5O3. The van der Waals surface area contributed by atoms with E-state index in [1.54, 1.807) is 25.1 Å². The second-order valence-electron chi connectivity index (χ2n) is 5.58. The van der Waals surface area contributed by atoms with Crippen LogP contribution >= 0.6 is 11.6 Å². The summed E-state index contributed by atoms with van der Waals surface area (Å²) in [6.45, 7) is 1.80. The van der Waals surface area contributed by atoms with Crippen LogP contribution in [0.2, 0.25) is 5.02 Å². The van der Waals surface area contributed by atoms with E-state index in [4.69, 9.17) is 11.6 Å². The summed E-state index contributed by atoms with van der Waals surface area (Å²) in [5, 5.41) is 20.5. The third-order valence-corrected chi connectivity index (χ3v) is 3.95. The summed E-state index contributed by atoms with van der Waals surface area (Å²) in [7, 11) is 0. The number of non-ortho nitro benzene ring substituents is 1. The van der Waals surface area contributed by atoms with Gasteiger partial charge in [0.25, 0.3) is 5.69 Å². The monoisotopic (exact) mass is 371 g/mol. The van der Waals surface area contributed by atoms with E-state index in [2.05, 4.69) is 20.5 Å². The molecule has 9 heteroatoms. The molecule has 1 amide bonds. The van der Waals surface area contributed by atoms with Gasteiger partial charge in [-0.15, -0.1) is 0 Å². The number of nitrogens with zero attached hydrogens (tertiary/aromatic N) is 3. The molecule has 0 unspecified atom stereocenters. The van der Waals surface area contributed by atoms with Gasteiger partial charge < -0.3 is 5.32 Å². The van der Waals surface area contributed by atoms with Crippen LogP contribution in [-0.2, 0) is 11.2 Å². The lowest BCUT2D eigenvalue weighted by Crippen LogP contribution is -2.14. The summed E-state index contributed by atoms with van der Waals surface area (Å²) in [5.74, 6) is 0.948. The fourth-order valence-corrected chi connectivity index (χ4v) is 2.62. The fourth-order valence-electron chi connectivity index (χ4n) is 2.38. The molecule has 0 spiro atoms. The zero-order chi connectivity index (χ0) is 18.7. The number of benzene rings is 2. The number of aromatic amines is 1. The Bertz CT molecular complexity index is 986. The molecular weight excluding hydrogens is 358 g/mol. The predicted octanol–water partition coefficient (Wildman–Crippen LogP) is 3.52. The van der Waals surface area contributed by atoms with Crippen molar-refractivity contribution >= 4 is 28.9 Å². The van der Waals surface area contributed by atoms with E-state index in [9.17, 15) is 14.9 Å². The summed E-state index contributed by atoms with van der Waals surface area (Å²) in [4.78, 5) is 26.7. The van der Waals surface area contributed by atoms with E-state index in [0.717, 1.165) is 5.56 Å². The maximum atomic E-state index is 12.3. The third kappa shape index (κ3) is 4.04. The van der Waals surface area contributed by atoms with Gasteiger partial charge in [-0.05, 0) is 24.6 Å². The summed E-state index contributed by atoms with van der Waals surface area (Å²) in [5.41, 5.74) is 1.75. The van der Waals surface area contributed by atoms with Gasteiger partial charge in [0, 0.05) is 23.4 Å². The summed E-state index contributed by atoms with van der Waals surface area (Å²) < 4.78 is 0. The van der Waals surface area contributed by atoms with Crippen molar-refractivity contribution in [2.75, 3.05) is 5.32 Å². The Kier molecular flexibility index (Phi) is 4.94. The molecule has 0 saturated carbocycles. The highest BCUT2D eigenvalue weighted by molar-refractivity contribution is 6.31. The molecule has 2 aromatic carbocycles. The van der Waals surface area contributed by atoms with Gasteiger partial charge in [0.15, 0.2) is 5.82 Å². The number of carbonyl (C=O) groups is 1. The number of aryl methyl sites for hydroxylation is 1. The molecule has 0 saturated heterocycles. The van der Waals surface area contributed by atoms with E-state index >= 15 is 0 Å². The first-order valence-electron chi connectivity index (χ1n) is 7.64. The normalized spacial score (nSPS) is 10.5. The minimum absolute atomic E-state index is 0.000812. The number of anilines is 1. The number of amides is 1. The van der Waals surface area contributed by atoms with E-state index < -0.39 is 4.92 Å². The molecule has 3 aromatic rings. The third-order valence-electron chi connectivity index (χ3n) is 3.60. The molecule has 26 heavy (non-hydrogen) atoms. The number of rotatable bonds is 5. The molecule has 0 aliphatic rings. The van der Waals surface area contributed by atoms with Gasteiger partial charge in [0.1, 0.15) is 5.82 Å². The Labute approximate surface area is 153 Å². The van der Waals surface area contributed by atoms with Crippen LogP contribution in [0.3, 0.4) is 0 Å². The molecule has 1 aromatic heterocycles. The van der Waals surface area contributed by atoms with Gasteiger partial charge in [-0.3, -0.25) is 20.0 Å². The number of halogens is 1. The zero-order valence-electron chi connectivity index (χ0n) is 13.7. The molecule has 132 valence electrons. The largest absolute Gasteiger partial charge is 0.326 e. The Balaban J connectivity index is 1.71. The van der Waals surface area contributed by atoms with E-state index in [-0.39, 0.29) is 23.0 Å². The highest BCUT2D eigenvalue weighted by atomic mass is 35.5. The first-order chi connectivity index (χ1) is 12.4. The maximum absolute atomic E-state index is 12.3. The van der Waals surface area contributed by atoms with Crippen LogP contribution in [0.5, 0.6) is 0 Å². The lowest BCUT2D eigenvalue weighted by atomic mass is 10.1. The molecule has 0 bridgehead atoms. The van der Waals surface area contributed by atoms with Crippen LogP contribution in [0.4, 0.5) is 11.4 Å². The van der Waals surface area contributed by atoms with E-state index in [1.807, 2.05) is 6.07 Å². The van der Waals surface area contributed by atoms with Gasteiger partial charge in [-0.2, -0.15) is 5.10 Å². The molecule has 0 aliphatic heterocycles.